The highest BCUT2D eigenvalue weighted by atomic mass is 16.5. The SMILES string of the molecule is COC1(C)CCCN(C(=O)Nc2cccc(C(C)=O)c2)C1. The van der Waals surface area contributed by atoms with E-state index in [-0.39, 0.29) is 17.4 Å². The summed E-state index contributed by atoms with van der Waals surface area (Å²) in [5.41, 5.74) is 0.946. The molecule has 1 aromatic carbocycles. The number of hydrogen-bond acceptors (Lipinski definition) is 3. The van der Waals surface area contributed by atoms with Gasteiger partial charge in [0.25, 0.3) is 0 Å². The quantitative estimate of drug-likeness (QED) is 0.871. The Bertz CT molecular complexity index is 544. The number of hydrogen-bond donors (Lipinski definition) is 1. The summed E-state index contributed by atoms with van der Waals surface area (Å²) in [6, 6.07) is 6.82. The number of carbonyl (C=O) groups excluding carboxylic acids is 2. The van der Waals surface area contributed by atoms with Crippen LogP contribution in [0.25, 0.3) is 0 Å². The number of nitrogens with one attached hydrogen (secondary N) is 1. The Kier molecular flexibility index (Phi) is 4.63. The number of likely N-dealkylation sites (tertiary alicyclic amines) is 1. The Morgan fingerprint density at radius 3 is 2.81 bits per heavy atom. The molecule has 21 heavy (non-hydrogen) atoms. The molecule has 2 rings (SSSR count). The highest BCUT2D eigenvalue weighted by molar-refractivity contribution is 5.96. The van der Waals surface area contributed by atoms with Crippen LogP contribution < -0.4 is 5.32 Å². The standard InChI is InChI=1S/C16H22N2O3/c1-12(19)13-6-4-7-14(10-13)17-15(20)18-9-5-8-16(2,11-18)21-3/h4,6-7,10H,5,8-9,11H2,1-3H3,(H,17,20). The van der Waals surface area contributed by atoms with E-state index < -0.39 is 0 Å². The van der Waals surface area contributed by atoms with Gasteiger partial charge < -0.3 is 15.0 Å². The average molecular weight is 290 g/mol. The summed E-state index contributed by atoms with van der Waals surface area (Å²) in [6.45, 7) is 4.82. The zero-order valence-corrected chi connectivity index (χ0v) is 12.8. The van der Waals surface area contributed by atoms with Gasteiger partial charge in [-0.15, -0.1) is 0 Å². The van der Waals surface area contributed by atoms with Crippen molar-refractivity contribution in [3.8, 4) is 0 Å². The summed E-state index contributed by atoms with van der Waals surface area (Å²) in [6.07, 6.45) is 1.87. The number of anilines is 1. The van der Waals surface area contributed by atoms with Crippen LogP contribution in [0.15, 0.2) is 24.3 Å². The Balaban J connectivity index is 2.04. The van der Waals surface area contributed by atoms with Crippen LogP contribution in [0.5, 0.6) is 0 Å². The highest BCUT2D eigenvalue weighted by Gasteiger charge is 2.33. The van der Waals surface area contributed by atoms with Crippen molar-refractivity contribution >= 4 is 17.5 Å². The molecule has 1 N–H and O–H groups in total. The average Bonchev–Trinajstić information content (AvgIpc) is 2.47. The molecule has 1 atom stereocenters. The van der Waals surface area contributed by atoms with Crippen molar-refractivity contribution in [3.63, 3.8) is 0 Å². The lowest BCUT2D eigenvalue weighted by atomic mass is 9.95. The molecule has 0 bridgehead atoms. The Hall–Kier alpha value is -1.88. The van der Waals surface area contributed by atoms with E-state index in [0.29, 0.717) is 17.8 Å². The number of ether oxygens (including phenoxy) is 1. The van der Waals surface area contributed by atoms with Crippen LogP contribution in [0.4, 0.5) is 10.5 Å². The van der Waals surface area contributed by atoms with E-state index in [0.717, 1.165) is 19.4 Å². The molecule has 1 heterocycles. The van der Waals surface area contributed by atoms with Crippen LogP contribution in [-0.4, -0.2) is 42.5 Å². The normalized spacial score (nSPS) is 22.0. The Morgan fingerprint density at radius 1 is 1.38 bits per heavy atom. The lowest BCUT2D eigenvalue weighted by molar-refractivity contribution is -0.0389. The van der Waals surface area contributed by atoms with Crippen molar-refractivity contribution in [1.29, 1.82) is 0 Å². The van der Waals surface area contributed by atoms with E-state index >= 15 is 0 Å². The van der Waals surface area contributed by atoms with Gasteiger partial charge in [-0.05, 0) is 38.8 Å². The van der Waals surface area contributed by atoms with Gasteiger partial charge in [-0.3, -0.25) is 4.79 Å². The summed E-state index contributed by atoms with van der Waals surface area (Å²) in [5, 5.41) is 2.85. The third-order valence-electron chi connectivity index (χ3n) is 3.96. The van der Waals surface area contributed by atoms with Gasteiger partial charge in [-0.25, -0.2) is 4.79 Å². The van der Waals surface area contributed by atoms with Gasteiger partial charge in [0.05, 0.1) is 12.1 Å². The highest BCUT2D eigenvalue weighted by Crippen LogP contribution is 2.24. The van der Waals surface area contributed by atoms with E-state index in [1.165, 1.54) is 6.92 Å². The van der Waals surface area contributed by atoms with Gasteiger partial charge in [0.1, 0.15) is 0 Å². The number of carbonyl (C=O) groups is 2. The lowest BCUT2D eigenvalue weighted by Gasteiger charge is -2.39. The van der Waals surface area contributed by atoms with Crippen molar-refractivity contribution in [2.45, 2.75) is 32.3 Å². The first-order chi connectivity index (χ1) is 9.93. The molecule has 1 saturated heterocycles. The first-order valence-corrected chi connectivity index (χ1v) is 7.16. The summed E-state index contributed by atoms with van der Waals surface area (Å²) in [4.78, 5) is 25.5. The van der Waals surface area contributed by atoms with Crippen LogP contribution >= 0.6 is 0 Å². The van der Waals surface area contributed by atoms with E-state index in [2.05, 4.69) is 5.32 Å². The van der Waals surface area contributed by atoms with Crippen molar-refractivity contribution in [1.82, 2.24) is 4.90 Å². The Labute approximate surface area is 125 Å². The second-order valence-electron chi connectivity index (χ2n) is 5.75. The maximum absolute atomic E-state index is 12.3. The summed E-state index contributed by atoms with van der Waals surface area (Å²) < 4.78 is 5.49. The molecule has 0 spiro atoms. The van der Waals surface area contributed by atoms with Crippen LogP contribution in [-0.2, 0) is 4.74 Å². The largest absolute Gasteiger partial charge is 0.377 e. The molecule has 1 aromatic rings. The van der Waals surface area contributed by atoms with Crippen LogP contribution in [0.2, 0.25) is 0 Å². The summed E-state index contributed by atoms with van der Waals surface area (Å²) in [5.74, 6) is -0.0176. The fraction of sp³-hybridized carbons (Fsp3) is 0.500. The minimum atomic E-state index is -0.281. The van der Waals surface area contributed by atoms with Gasteiger partial charge >= 0.3 is 6.03 Å². The number of methoxy groups -OCH3 is 1. The minimum absolute atomic E-state index is 0.0176. The number of piperidine rings is 1. The number of ketones is 1. The van der Waals surface area contributed by atoms with E-state index in [1.54, 1.807) is 36.3 Å². The summed E-state index contributed by atoms with van der Waals surface area (Å²) >= 11 is 0. The maximum Gasteiger partial charge on any atom is 0.321 e. The van der Waals surface area contributed by atoms with Crippen LogP contribution in [0, 0.1) is 0 Å². The lowest BCUT2D eigenvalue weighted by Crippen LogP contribution is -2.50. The van der Waals surface area contributed by atoms with Gasteiger partial charge in [0.2, 0.25) is 0 Å². The second-order valence-corrected chi connectivity index (χ2v) is 5.75. The topological polar surface area (TPSA) is 58.6 Å². The maximum atomic E-state index is 12.3. The number of benzene rings is 1. The molecule has 0 aromatic heterocycles. The molecule has 1 aliphatic rings. The summed E-state index contributed by atoms with van der Waals surface area (Å²) in [7, 11) is 1.68. The molecular weight excluding hydrogens is 268 g/mol. The monoisotopic (exact) mass is 290 g/mol. The van der Waals surface area contributed by atoms with Crippen LogP contribution in [0.3, 0.4) is 0 Å². The zero-order valence-electron chi connectivity index (χ0n) is 12.8. The smallest absolute Gasteiger partial charge is 0.321 e. The fourth-order valence-corrected chi connectivity index (χ4v) is 2.56. The molecule has 0 radical (unpaired) electrons. The molecule has 0 aliphatic carbocycles. The number of nitrogens with zero attached hydrogens (tertiary/aromatic N) is 1. The molecule has 1 unspecified atom stereocenters. The molecule has 0 saturated carbocycles. The van der Waals surface area contributed by atoms with Gasteiger partial charge in [-0.1, -0.05) is 12.1 Å². The van der Waals surface area contributed by atoms with Gasteiger partial charge in [0, 0.05) is 24.9 Å². The molecule has 1 fully saturated rings. The Morgan fingerprint density at radius 2 is 2.14 bits per heavy atom. The van der Waals surface area contributed by atoms with Crippen molar-refractivity contribution < 1.29 is 14.3 Å². The predicted octanol–water partition coefficient (Wildman–Crippen LogP) is 2.92. The number of urea groups is 1. The number of rotatable bonds is 3. The second kappa shape index (κ2) is 6.26. The van der Waals surface area contributed by atoms with Gasteiger partial charge in [0.15, 0.2) is 5.78 Å². The first kappa shape index (κ1) is 15.5. The minimum Gasteiger partial charge on any atom is -0.377 e. The fourth-order valence-electron chi connectivity index (χ4n) is 2.56. The van der Waals surface area contributed by atoms with Gasteiger partial charge in [-0.2, -0.15) is 0 Å². The molecule has 1 aliphatic heterocycles. The molecule has 2 amide bonds. The van der Waals surface area contributed by atoms with Crippen molar-refractivity contribution in [2.24, 2.45) is 0 Å². The van der Waals surface area contributed by atoms with E-state index in [4.69, 9.17) is 4.74 Å². The third kappa shape index (κ3) is 3.82. The van der Waals surface area contributed by atoms with E-state index in [1.807, 2.05) is 6.92 Å². The zero-order chi connectivity index (χ0) is 15.5. The number of amides is 2. The molecule has 5 nitrogen and oxygen atoms in total. The van der Waals surface area contributed by atoms with Crippen molar-refractivity contribution in [3.05, 3.63) is 29.8 Å². The third-order valence-corrected chi connectivity index (χ3v) is 3.96. The molecule has 5 heteroatoms. The van der Waals surface area contributed by atoms with Crippen molar-refractivity contribution in [2.75, 3.05) is 25.5 Å². The number of Topliss-reactive ketones (excluding diaryl/α,β-unsaturated/α-hetero) is 1. The first-order valence-electron chi connectivity index (χ1n) is 7.16. The molecular formula is C16H22N2O3. The molecule has 114 valence electrons. The predicted molar refractivity (Wildman–Crippen MR) is 81.7 cm³/mol. The van der Waals surface area contributed by atoms with Crippen LogP contribution in [0.1, 0.15) is 37.0 Å². The van der Waals surface area contributed by atoms with E-state index in [9.17, 15) is 9.59 Å².